The van der Waals surface area contributed by atoms with Crippen LogP contribution in [0, 0.1) is 19.8 Å². The molecule has 0 saturated heterocycles. The number of aryl methyl sites for hydroxylation is 2. The maximum Gasteiger partial charge on any atom is 0.224 e. The van der Waals surface area contributed by atoms with Gasteiger partial charge in [0.1, 0.15) is 0 Å². The summed E-state index contributed by atoms with van der Waals surface area (Å²) in [6, 6.07) is 10.3. The quantitative estimate of drug-likeness (QED) is 0.937. The molecule has 0 radical (unpaired) electrons. The van der Waals surface area contributed by atoms with Crippen LogP contribution in [0.25, 0.3) is 0 Å². The van der Waals surface area contributed by atoms with Crippen LogP contribution in [0.2, 0.25) is 0 Å². The van der Waals surface area contributed by atoms with Gasteiger partial charge in [0.05, 0.1) is 5.69 Å². The lowest BCUT2D eigenvalue weighted by Gasteiger charge is -2.06. The second-order valence-electron chi connectivity index (χ2n) is 5.85. The summed E-state index contributed by atoms with van der Waals surface area (Å²) in [6.45, 7) is 4.59. The third-order valence-corrected chi connectivity index (χ3v) is 4.45. The topological polar surface area (TPSA) is 46.9 Å². The summed E-state index contributed by atoms with van der Waals surface area (Å²) in [5.41, 5.74) is 4.50. The number of aromatic nitrogens is 2. The summed E-state index contributed by atoms with van der Waals surface area (Å²) in [7, 11) is 1.93. The molecule has 1 saturated carbocycles. The molecular weight excluding hydrogens is 262 g/mol. The van der Waals surface area contributed by atoms with Gasteiger partial charge in [-0.1, -0.05) is 30.3 Å². The van der Waals surface area contributed by atoms with Crippen LogP contribution in [-0.2, 0) is 18.4 Å². The Balaban J connectivity index is 1.59. The van der Waals surface area contributed by atoms with Gasteiger partial charge in [0.25, 0.3) is 0 Å². The molecule has 1 N–H and O–H groups in total. The van der Waals surface area contributed by atoms with Crippen molar-refractivity contribution in [3.63, 3.8) is 0 Å². The van der Waals surface area contributed by atoms with Gasteiger partial charge in [-0.2, -0.15) is 5.10 Å². The van der Waals surface area contributed by atoms with Gasteiger partial charge in [0, 0.05) is 30.8 Å². The molecule has 21 heavy (non-hydrogen) atoms. The fraction of sp³-hybridized carbons (Fsp3) is 0.412. The molecule has 1 aromatic carbocycles. The van der Waals surface area contributed by atoms with E-state index in [-0.39, 0.29) is 11.8 Å². The number of nitrogens with one attached hydrogen (secondary N) is 1. The first kappa shape index (κ1) is 13.9. The van der Waals surface area contributed by atoms with Gasteiger partial charge in [-0.15, -0.1) is 0 Å². The molecule has 1 aliphatic rings. The molecule has 0 aliphatic heterocycles. The van der Waals surface area contributed by atoms with Gasteiger partial charge in [-0.3, -0.25) is 9.48 Å². The fourth-order valence-electron chi connectivity index (χ4n) is 2.93. The average molecular weight is 283 g/mol. The van der Waals surface area contributed by atoms with Crippen molar-refractivity contribution < 1.29 is 4.79 Å². The standard InChI is InChI=1S/C17H21N3O/c1-11-16(12(2)20(3)19-11)10-18-17(21)15-9-14(15)13-7-5-4-6-8-13/h4-8,14-15H,9-10H2,1-3H3,(H,18,21)/t14-,15+/m1/s1. The van der Waals surface area contributed by atoms with E-state index in [1.54, 1.807) is 0 Å². The summed E-state index contributed by atoms with van der Waals surface area (Å²) in [4.78, 5) is 12.3. The maximum atomic E-state index is 12.3. The van der Waals surface area contributed by atoms with Gasteiger partial charge in [0.2, 0.25) is 5.91 Å². The van der Waals surface area contributed by atoms with Gasteiger partial charge in [-0.05, 0) is 31.7 Å². The predicted molar refractivity (Wildman–Crippen MR) is 81.8 cm³/mol. The van der Waals surface area contributed by atoms with Crippen molar-refractivity contribution in [2.45, 2.75) is 32.7 Å². The molecule has 1 fully saturated rings. The van der Waals surface area contributed by atoms with Gasteiger partial charge in [0.15, 0.2) is 0 Å². The summed E-state index contributed by atoms with van der Waals surface area (Å²) >= 11 is 0. The molecule has 4 heteroatoms. The SMILES string of the molecule is Cc1nn(C)c(C)c1CNC(=O)[C@H]1C[C@@H]1c1ccccc1. The highest BCUT2D eigenvalue weighted by molar-refractivity contribution is 5.82. The Hall–Kier alpha value is -2.10. The minimum atomic E-state index is 0.129. The molecule has 2 atom stereocenters. The average Bonchev–Trinajstić information content (AvgIpc) is 3.24. The normalized spacial score (nSPS) is 20.3. The molecule has 1 aliphatic carbocycles. The number of amides is 1. The Kier molecular flexibility index (Phi) is 3.53. The molecule has 1 heterocycles. The molecule has 0 unspecified atom stereocenters. The van der Waals surface area contributed by atoms with E-state index in [1.807, 2.05) is 43.8 Å². The van der Waals surface area contributed by atoms with Crippen molar-refractivity contribution in [3.05, 3.63) is 52.8 Å². The van der Waals surface area contributed by atoms with Crippen molar-refractivity contribution in [1.82, 2.24) is 15.1 Å². The highest BCUT2D eigenvalue weighted by Gasteiger charge is 2.43. The first-order valence-corrected chi connectivity index (χ1v) is 7.39. The molecule has 2 aromatic rings. The van der Waals surface area contributed by atoms with E-state index in [0.29, 0.717) is 12.5 Å². The first-order chi connectivity index (χ1) is 10.1. The lowest BCUT2D eigenvalue weighted by molar-refractivity contribution is -0.122. The van der Waals surface area contributed by atoms with Crippen molar-refractivity contribution in [2.75, 3.05) is 0 Å². The summed E-state index contributed by atoms with van der Waals surface area (Å²) < 4.78 is 1.86. The van der Waals surface area contributed by atoms with Crippen LogP contribution < -0.4 is 5.32 Å². The zero-order chi connectivity index (χ0) is 15.0. The number of carbonyl (C=O) groups excluding carboxylic acids is 1. The van der Waals surface area contributed by atoms with Crippen LogP contribution in [0.4, 0.5) is 0 Å². The van der Waals surface area contributed by atoms with E-state index < -0.39 is 0 Å². The van der Waals surface area contributed by atoms with Crippen LogP contribution in [0.5, 0.6) is 0 Å². The predicted octanol–water partition coefficient (Wildman–Crippen LogP) is 2.46. The van der Waals surface area contributed by atoms with Crippen LogP contribution >= 0.6 is 0 Å². The summed E-state index contributed by atoms with van der Waals surface area (Å²) in [5, 5.41) is 7.44. The third kappa shape index (κ3) is 2.71. The second kappa shape index (κ2) is 5.35. The minimum Gasteiger partial charge on any atom is -0.352 e. The molecule has 3 rings (SSSR count). The minimum absolute atomic E-state index is 0.129. The lowest BCUT2D eigenvalue weighted by atomic mass is 10.1. The largest absolute Gasteiger partial charge is 0.352 e. The van der Waals surface area contributed by atoms with E-state index in [4.69, 9.17) is 0 Å². The Labute approximate surface area is 125 Å². The van der Waals surface area contributed by atoms with Crippen LogP contribution in [-0.4, -0.2) is 15.7 Å². The zero-order valence-electron chi connectivity index (χ0n) is 12.8. The van der Waals surface area contributed by atoms with Gasteiger partial charge in [-0.25, -0.2) is 0 Å². The monoisotopic (exact) mass is 283 g/mol. The lowest BCUT2D eigenvalue weighted by Crippen LogP contribution is -2.25. The molecule has 1 amide bonds. The molecule has 4 nitrogen and oxygen atoms in total. The van der Waals surface area contributed by atoms with Gasteiger partial charge >= 0.3 is 0 Å². The number of nitrogens with zero attached hydrogens (tertiary/aromatic N) is 2. The Bertz CT molecular complexity index is 660. The Morgan fingerprint density at radius 3 is 2.67 bits per heavy atom. The van der Waals surface area contributed by atoms with Crippen molar-refractivity contribution in [1.29, 1.82) is 0 Å². The van der Waals surface area contributed by atoms with Crippen molar-refractivity contribution in [2.24, 2.45) is 13.0 Å². The number of hydrogen-bond donors (Lipinski definition) is 1. The molecule has 0 bridgehead atoms. The number of rotatable bonds is 4. The third-order valence-electron chi connectivity index (χ3n) is 4.45. The molecule has 0 spiro atoms. The van der Waals surface area contributed by atoms with E-state index >= 15 is 0 Å². The van der Waals surface area contributed by atoms with Crippen molar-refractivity contribution in [3.8, 4) is 0 Å². The summed E-state index contributed by atoms with van der Waals surface area (Å²) in [5.74, 6) is 0.679. The van der Waals surface area contributed by atoms with E-state index in [1.165, 1.54) is 5.56 Å². The Morgan fingerprint density at radius 1 is 1.33 bits per heavy atom. The highest BCUT2D eigenvalue weighted by atomic mass is 16.2. The molecule has 1 aromatic heterocycles. The maximum absolute atomic E-state index is 12.3. The highest BCUT2D eigenvalue weighted by Crippen LogP contribution is 2.47. The van der Waals surface area contributed by atoms with E-state index in [9.17, 15) is 4.79 Å². The fourth-order valence-corrected chi connectivity index (χ4v) is 2.93. The first-order valence-electron chi connectivity index (χ1n) is 7.39. The van der Waals surface area contributed by atoms with E-state index in [2.05, 4.69) is 22.5 Å². The number of benzene rings is 1. The smallest absolute Gasteiger partial charge is 0.224 e. The zero-order valence-corrected chi connectivity index (χ0v) is 12.8. The second-order valence-corrected chi connectivity index (χ2v) is 5.85. The molecular formula is C17H21N3O. The van der Waals surface area contributed by atoms with Crippen LogP contribution in [0.1, 0.15) is 34.9 Å². The summed E-state index contributed by atoms with van der Waals surface area (Å²) in [6.07, 6.45) is 0.959. The number of hydrogen-bond acceptors (Lipinski definition) is 2. The van der Waals surface area contributed by atoms with Crippen molar-refractivity contribution >= 4 is 5.91 Å². The van der Waals surface area contributed by atoms with Crippen LogP contribution in [0.3, 0.4) is 0 Å². The number of carbonyl (C=O) groups is 1. The molecule has 110 valence electrons. The van der Waals surface area contributed by atoms with Gasteiger partial charge < -0.3 is 5.32 Å². The van der Waals surface area contributed by atoms with E-state index in [0.717, 1.165) is 23.4 Å². The van der Waals surface area contributed by atoms with Crippen LogP contribution in [0.15, 0.2) is 30.3 Å². The Morgan fingerprint density at radius 2 is 2.05 bits per heavy atom.